The van der Waals surface area contributed by atoms with Crippen molar-refractivity contribution in [1.29, 1.82) is 0 Å². The summed E-state index contributed by atoms with van der Waals surface area (Å²) in [6, 6.07) is 15.9. The Kier molecular flexibility index (Phi) is 10.8. The van der Waals surface area contributed by atoms with Crippen LogP contribution in [0.1, 0.15) is 40.2 Å². The van der Waals surface area contributed by atoms with Crippen LogP contribution >= 0.6 is 27.3 Å². The highest BCUT2D eigenvalue weighted by atomic mass is 79.9. The number of aliphatic hydroxyl groups excluding tert-OH is 1. The molecule has 0 fully saturated rings. The van der Waals surface area contributed by atoms with Gasteiger partial charge in [-0.1, -0.05) is 75.6 Å². The normalized spacial score (nSPS) is 10.9. The van der Waals surface area contributed by atoms with Crippen molar-refractivity contribution in [3.63, 3.8) is 0 Å². The molecule has 0 aliphatic heterocycles. The summed E-state index contributed by atoms with van der Waals surface area (Å²) >= 11 is 4.78. The predicted molar refractivity (Wildman–Crippen MR) is 128 cm³/mol. The molecule has 3 aromatic rings. The van der Waals surface area contributed by atoms with Crippen molar-refractivity contribution in [2.45, 2.75) is 39.4 Å². The molecule has 1 heterocycles. The molecule has 0 saturated heterocycles. The van der Waals surface area contributed by atoms with Crippen LogP contribution in [0.2, 0.25) is 0 Å². The highest BCUT2D eigenvalue weighted by Crippen LogP contribution is 2.28. The molecule has 3 N–H and O–H groups in total. The maximum atomic E-state index is 11.4. The molecule has 3 rings (SSSR count). The van der Waals surface area contributed by atoms with E-state index < -0.39 is 0 Å². The van der Waals surface area contributed by atoms with Gasteiger partial charge in [0, 0.05) is 22.6 Å². The van der Waals surface area contributed by atoms with E-state index in [2.05, 4.69) is 52.1 Å². The van der Waals surface area contributed by atoms with Gasteiger partial charge in [-0.05, 0) is 34.6 Å². The molecule has 6 heteroatoms. The molecule has 156 valence electrons. The Morgan fingerprint density at radius 3 is 1.90 bits per heavy atom. The van der Waals surface area contributed by atoms with Crippen LogP contribution in [-0.2, 0) is 0 Å². The van der Waals surface area contributed by atoms with Gasteiger partial charge in [0.1, 0.15) is 0 Å². The first kappa shape index (κ1) is 25.0. The van der Waals surface area contributed by atoms with E-state index in [9.17, 15) is 4.79 Å². The molecule has 0 aliphatic rings. The molecule has 0 amide bonds. The van der Waals surface area contributed by atoms with Crippen molar-refractivity contribution in [2.24, 2.45) is 0 Å². The summed E-state index contributed by atoms with van der Waals surface area (Å²) in [5.41, 5.74) is 11.0. The fourth-order valence-corrected chi connectivity index (χ4v) is 3.32. The molecule has 1 aromatic heterocycles. The quantitative estimate of drug-likeness (QED) is 0.360. The van der Waals surface area contributed by atoms with Crippen molar-refractivity contribution in [1.82, 2.24) is 4.98 Å². The Labute approximate surface area is 185 Å². The third kappa shape index (κ3) is 8.48. The number of Topliss-reactive ketones (excluding diaryl/α,β-unsaturated/α-hetero) is 1. The van der Waals surface area contributed by atoms with Gasteiger partial charge in [0.2, 0.25) is 0 Å². The van der Waals surface area contributed by atoms with E-state index in [-0.39, 0.29) is 17.2 Å². The Morgan fingerprint density at radius 1 is 1.07 bits per heavy atom. The molecular formula is C23H29BrN2O2S. The third-order valence-corrected chi connectivity index (χ3v) is 5.05. The molecule has 29 heavy (non-hydrogen) atoms. The number of nitrogens with zero attached hydrogens (tertiary/aromatic N) is 1. The monoisotopic (exact) mass is 476 g/mol. The number of ketones is 1. The first-order valence-electron chi connectivity index (χ1n) is 9.35. The average molecular weight is 477 g/mol. The number of nitrogens with two attached hydrogens (primary N) is 1. The summed E-state index contributed by atoms with van der Waals surface area (Å²) in [5, 5.41) is 8.21. The van der Waals surface area contributed by atoms with Crippen molar-refractivity contribution in [3.8, 4) is 11.3 Å². The number of halogens is 1. The third-order valence-electron chi connectivity index (χ3n) is 3.84. The second-order valence-corrected chi connectivity index (χ2v) is 9.09. The largest absolute Gasteiger partial charge is 0.397 e. The van der Waals surface area contributed by atoms with Gasteiger partial charge in [-0.25, -0.2) is 4.98 Å². The van der Waals surface area contributed by atoms with E-state index in [4.69, 9.17) is 10.8 Å². The number of anilines is 1. The lowest BCUT2D eigenvalue weighted by Gasteiger charge is -2.02. The van der Waals surface area contributed by atoms with Crippen LogP contribution in [0.5, 0.6) is 0 Å². The number of hydrogen-bond acceptors (Lipinski definition) is 5. The fourth-order valence-electron chi connectivity index (χ4n) is 2.34. The summed E-state index contributed by atoms with van der Waals surface area (Å²) in [6.45, 7) is 9.89. The molecular weight excluding hydrogens is 448 g/mol. The minimum Gasteiger partial charge on any atom is -0.397 e. The van der Waals surface area contributed by atoms with Crippen LogP contribution in [0.4, 0.5) is 5.13 Å². The zero-order valence-corrected chi connectivity index (χ0v) is 20.0. The van der Waals surface area contributed by atoms with E-state index in [0.717, 1.165) is 16.8 Å². The number of carbonyl (C=O) groups excluding carboxylic acids is 1. The molecule has 0 saturated carbocycles. The summed E-state index contributed by atoms with van der Waals surface area (Å²) in [4.78, 5) is 16.8. The Bertz CT molecular complexity index is 888. The van der Waals surface area contributed by atoms with Crippen LogP contribution in [0.25, 0.3) is 11.3 Å². The van der Waals surface area contributed by atoms with Gasteiger partial charge in [-0.3, -0.25) is 4.79 Å². The molecule has 0 spiro atoms. The smallest absolute Gasteiger partial charge is 0.180 e. The number of carbonyl (C=O) groups is 1. The first-order chi connectivity index (χ1) is 13.7. The number of rotatable bonds is 3. The number of alkyl halides is 1. The lowest BCUT2D eigenvalue weighted by Crippen LogP contribution is -2.09. The van der Waals surface area contributed by atoms with Crippen molar-refractivity contribution in [2.75, 3.05) is 12.3 Å². The van der Waals surface area contributed by atoms with Crippen LogP contribution in [0.15, 0.2) is 48.5 Å². The second-order valence-electron chi connectivity index (χ2n) is 6.49. The summed E-state index contributed by atoms with van der Waals surface area (Å²) in [6.07, 6.45) is 0. The van der Waals surface area contributed by atoms with Crippen LogP contribution in [-0.4, -0.2) is 27.3 Å². The van der Waals surface area contributed by atoms with E-state index in [1.807, 2.05) is 45.0 Å². The van der Waals surface area contributed by atoms with Crippen LogP contribution < -0.4 is 5.73 Å². The predicted octanol–water partition coefficient (Wildman–Crippen LogP) is 5.97. The number of aryl methyl sites for hydroxylation is 3. The molecule has 0 bridgehead atoms. The van der Waals surface area contributed by atoms with Crippen molar-refractivity contribution >= 4 is 38.2 Å². The van der Waals surface area contributed by atoms with Gasteiger partial charge < -0.3 is 10.8 Å². The highest BCUT2D eigenvalue weighted by Gasteiger charge is 2.10. The number of benzene rings is 2. The van der Waals surface area contributed by atoms with E-state index in [0.29, 0.717) is 5.13 Å². The van der Waals surface area contributed by atoms with Crippen LogP contribution in [0, 0.1) is 20.8 Å². The van der Waals surface area contributed by atoms with E-state index >= 15 is 0 Å². The highest BCUT2D eigenvalue weighted by molar-refractivity contribution is 9.10. The Morgan fingerprint density at radius 2 is 1.52 bits per heavy atom. The second kappa shape index (κ2) is 12.5. The topological polar surface area (TPSA) is 76.2 Å². The Hall–Kier alpha value is -2.02. The number of thiazole rings is 1. The molecule has 1 unspecified atom stereocenters. The van der Waals surface area contributed by atoms with Gasteiger partial charge in [0.25, 0.3) is 0 Å². The molecule has 1 atom stereocenters. The lowest BCUT2D eigenvalue weighted by atomic mass is 10.1. The zero-order valence-electron chi connectivity index (χ0n) is 17.6. The molecule has 0 aliphatic carbocycles. The molecule has 0 radical (unpaired) electrons. The van der Waals surface area contributed by atoms with Gasteiger partial charge >= 0.3 is 0 Å². The maximum Gasteiger partial charge on any atom is 0.180 e. The molecule has 4 nitrogen and oxygen atoms in total. The summed E-state index contributed by atoms with van der Waals surface area (Å²) in [5.74, 6) is 0.134. The average Bonchev–Trinajstić information content (AvgIpc) is 3.01. The standard InChI is InChI=1S/C11H12N2S.C10H11BrO.C2H6O/c1-7-3-5-9(6-4-7)10-8(2)14-11(12)13-10;1-7-3-5-9(6-4-7)10(12)8(2)11;1-2-3/h3-6H,1-2H3,(H2,12,13);3-6,8H,1-2H3;3H,2H2,1H3. The Balaban J connectivity index is 0.000000259. The van der Waals surface area contributed by atoms with Gasteiger partial charge in [0.15, 0.2) is 10.9 Å². The molecule has 2 aromatic carbocycles. The number of nitrogen functional groups attached to an aromatic ring is 1. The van der Waals surface area contributed by atoms with Crippen molar-refractivity contribution < 1.29 is 9.90 Å². The SMILES string of the molecule is CCO.Cc1ccc(-c2nc(N)sc2C)cc1.Cc1ccc(C(=O)C(C)Br)cc1. The zero-order chi connectivity index (χ0) is 22.0. The minimum absolute atomic E-state index is 0.0970. The number of aliphatic hydroxyl groups is 1. The van der Waals surface area contributed by atoms with E-state index in [1.54, 1.807) is 6.92 Å². The first-order valence-corrected chi connectivity index (χ1v) is 11.1. The van der Waals surface area contributed by atoms with Crippen LogP contribution in [0.3, 0.4) is 0 Å². The van der Waals surface area contributed by atoms with E-state index in [1.165, 1.54) is 27.3 Å². The summed E-state index contributed by atoms with van der Waals surface area (Å²) in [7, 11) is 0. The summed E-state index contributed by atoms with van der Waals surface area (Å²) < 4.78 is 0. The number of aromatic nitrogens is 1. The fraction of sp³-hybridized carbons (Fsp3) is 0.304. The maximum absolute atomic E-state index is 11.4. The van der Waals surface area contributed by atoms with Crippen molar-refractivity contribution in [3.05, 3.63) is 70.1 Å². The minimum atomic E-state index is -0.0970. The van der Waals surface area contributed by atoms with Gasteiger partial charge in [0.05, 0.1) is 10.5 Å². The van der Waals surface area contributed by atoms with Gasteiger partial charge in [-0.2, -0.15) is 0 Å². The van der Waals surface area contributed by atoms with Gasteiger partial charge in [-0.15, -0.1) is 11.3 Å². The number of hydrogen-bond donors (Lipinski definition) is 2. The lowest BCUT2D eigenvalue weighted by molar-refractivity contribution is 0.0996.